The molecular formula is C21H16N2O4. The lowest BCUT2D eigenvalue weighted by Gasteiger charge is -2.23. The highest BCUT2D eigenvalue weighted by atomic mass is 16.3. The van der Waals surface area contributed by atoms with Crippen LogP contribution in [0.5, 0.6) is 11.5 Å². The number of phenolic OH excluding ortho intramolecular Hbond substituents is 2. The van der Waals surface area contributed by atoms with E-state index in [9.17, 15) is 19.8 Å². The molecule has 1 aliphatic rings. The molecule has 6 heteroatoms. The van der Waals surface area contributed by atoms with E-state index in [4.69, 9.17) is 11.5 Å². The predicted molar refractivity (Wildman–Crippen MR) is 102 cm³/mol. The van der Waals surface area contributed by atoms with Crippen molar-refractivity contribution in [1.82, 2.24) is 0 Å². The van der Waals surface area contributed by atoms with E-state index in [0.717, 1.165) is 5.56 Å². The molecule has 0 fully saturated rings. The Hall–Kier alpha value is -3.80. The molecule has 3 aromatic rings. The van der Waals surface area contributed by atoms with Gasteiger partial charge in [-0.05, 0) is 30.7 Å². The van der Waals surface area contributed by atoms with E-state index in [1.54, 1.807) is 12.1 Å². The molecule has 0 heterocycles. The number of carbonyl (C=O) groups is 2. The van der Waals surface area contributed by atoms with E-state index in [-0.39, 0.29) is 45.1 Å². The molecule has 0 bridgehead atoms. The number of nitrogens with two attached hydrogens (primary N) is 2. The lowest BCUT2D eigenvalue weighted by atomic mass is 9.80. The average Bonchev–Trinajstić information content (AvgIpc) is 2.63. The monoisotopic (exact) mass is 360 g/mol. The molecule has 0 amide bonds. The Labute approximate surface area is 154 Å². The smallest absolute Gasteiger partial charge is 0.200 e. The predicted octanol–water partition coefficient (Wildman–Crippen LogP) is 3.01. The number of anilines is 2. The van der Waals surface area contributed by atoms with Gasteiger partial charge >= 0.3 is 0 Å². The normalized spacial score (nSPS) is 12.6. The van der Waals surface area contributed by atoms with Crippen LogP contribution in [0.2, 0.25) is 0 Å². The Kier molecular flexibility index (Phi) is 3.46. The van der Waals surface area contributed by atoms with Crippen molar-refractivity contribution in [2.45, 2.75) is 6.92 Å². The van der Waals surface area contributed by atoms with Gasteiger partial charge in [0.05, 0.1) is 22.3 Å². The Morgan fingerprint density at radius 3 is 2.00 bits per heavy atom. The highest BCUT2D eigenvalue weighted by Crippen LogP contribution is 2.45. The number of aryl methyl sites for hydroxylation is 1. The molecule has 0 saturated carbocycles. The van der Waals surface area contributed by atoms with Gasteiger partial charge in [0.25, 0.3) is 0 Å². The van der Waals surface area contributed by atoms with Crippen LogP contribution in [0.4, 0.5) is 11.4 Å². The number of carbonyl (C=O) groups excluding carboxylic acids is 2. The number of ketones is 2. The van der Waals surface area contributed by atoms with Gasteiger partial charge in [-0.3, -0.25) is 9.59 Å². The number of fused-ring (bicyclic) bond motifs is 2. The first-order valence-corrected chi connectivity index (χ1v) is 8.24. The molecule has 0 unspecified atom stereocenters. The second kappa shape index (κ2) is 5.60. The molecule has 0 spiro atoms. The summed E-state index contributed by atoms with van der Waals surface area (Å²) < 4.78 is 0. The fraction of sp³-hybridized carbons (Fsp3) is 0.0476. The van der Waals surface area contributed by atoms with Crippen molar-refractivity contribution in [3.8, 4) is 22.6 Å². The van der Waals surface area contributed by atoms with Gasteiger partial charge in [-0.15, -0.1) is 0 Å². The fourth-order valence-corrected chi connectivity index (χ4v) is 3.44. The third kappa shape index (κ3) is 2.27. The number of phenols is 2. The van der Waals surface area contributed by atoms with Crippen molar-refractivity contribution in [2.24, 2.45) is 0 Å². The maximum Gasteiger partial charge on any atom is 0.200 e. The van der Waals surface area contributed by atoms with Crippen LogP contribution in [0.3, 0.4) is 0 Å². The minimum atomic E-state index is -0.647. The molecule has 134 valence electrons. The van der Waals surface area contributed by atoms with Crippen LogP contribution in [0.1, 0.15) is 37.4 Å². The molecule has 0 radical (unpaired) electrons. The minimum absolute atomic E-state index is 0.0456. The minimum Gasteiger partial charge on any atom is -0.507 e. The van der Waals surface area contributed by atoms with Crippen LogP contribution in [0, 0.1) is 6.92 Å². The molecule has 27 heavy (non-hydrogen) atoms. The van der Waals surface area contributed by atoms with Crippen molar-refractivity contribution in [3.63, 3.8) is 0 Å². The van der Waals surface area contributed by atoms with Crippen molar-refractivity contribution in [3.05, 3.63) is 70.3 Å². The van der Waals surface area contributed by atoms with Crippen LogP contribution in [0.25, 0.3) is 11.1 Å². The quantitative estimate of drug-likeness (QED) is 0.305. The molecule has 6 N–H and O–H groups in total. The van der Waals surface area contributed by atoms with E-state index in [1.807, 2.05) is 19.1 Å². The first-order chi connectivity index (χ1) is 12.8. The zero-order valence-corrected chi connectivity index (χ0v) is 14.4. The average molecular weight is 360 g/mol. The standard InChI is InChI=1S/C21H16N2O4/c1-9-2-4-10(5-3-9)11-8-13(23)16-18(19(11)25)21(27)15-12(22)6-7-14(24)17(15)20(16)26/h2-8,24-25H,22-23H2,1H3. The highest BCUT2D eigenvalue weighted by molar-refractivity contribution is 6.33. The molecule has 0 aliphatic heterocycles. The summed E-state index contributed by atoms with van der Waals surface area (Å²) in [6.45, 7) is 1.93. The number of rotatable bonds is 1. The molecule has 0 saturated heterocycles. The third-order valence-corrected chi connectivity index (χ3v) is 4.82. The van der Waals surface area contributed by atoms with Crippen LogP contribution in [-0.4, -0.2) is 21.8 Å². The largest absolute Gasteiger partial charge is 0.507 e. The Morgan fingerprint density at radius 1 is 0.741 bits per heavy atom. The van der Waals surface area contributed by atoms with Crippen molar-refractivity contribution in [1.29, 1.82) is 0 Å². The lowest BCUT2D eigenvalue weighted by Crippen LogP contribution is -2.24. The summed E-state index contributed by atoms with van der Waals surface area (Å²) in [6, 6.07) is 11.4. The Balaban J connectivity index is 2.04. The molecule has 0 aromatic heterocycles. The summed E-state index contributed by atoms with van der Waals surface area (Å²) in [5.41, 5.74) is 13.4. The van der Waals surface area contributed by atoms with Crippen LogP contribution in [0.15, 0.2) is 42.5 Å². The molecule has 0 atom stereocenters. The van der Waals surface area contributed by atoms with Crippen LogP contribution >= 0.6 is 0 Å². The van der Waals surface area contributed by atoms with Gasteiger partial charge in [0.2, 0.25) is 11.6 Å². The zero-order chi connectivity index (χ0) is 19.5. The van der Waals surface area contributed by atoms with E-state index in [1.165, 1.54) is 18.2 Å². The van der Waals surface area contributed by atoms with E-state index in [2.05, 4.69) is 0 Å². The van der Waals surface area contributed by atoms with Gasteiger partial charge in [0.15, 0.2) is 0 Å². The summed E-state index contributed by atoms with van der Waals surface area (Å²) in [5.74, 6) is -1.99. The van der Waals surface area contributed by atoms with Crippen molar-refractivity contribution >= 4 is 22.9 Å². The Bertz CT molecular complexity index is 1150. The topological polar surface area (TPSA) is 127 Å². The second-order valence-corrected chi connectivity index (χ2v) is 6.56. The number of hydrogen-bond acceptors (Lipinski definition) is 6. The first-order valence-electron chi connectivity index (χ1n) is 8.24. The second-order valence-electron chi connectivity index (χ2n) is 6.56. The van der Waals surface area contributed by atoms with Crippen molar-refractivity contribution < 1.29 is 19.8 Å². The fourth-order valence-electron chi connectivity index (χ4n) is 3.44. The maximum atomic E-state index is 13.1. The third-order valence-electron chi connectivity index (χ3n) is 4.82. The molecule has 1 aliphatic carbocycles. The SMILES string of the molecule is Cc1ccc(-c2cc(N)c3c(c2O)C(=O)c2c(N)ccc(O)c2C3=O)cc1. The van der Waals surface area contributed by atoms with Crippen molar-refractivity contribution in [2.75, 3.05) is 11.5 Å². The van der Waals surface area contributed by atoms with E-state index in [0.29, 0.717) is 11.1 Å². The summed E-state index contributed by atoms with van der Waals surface area (Å²) in [7, 11) is 0. The number of nitrogen functional groups attached to an aromatic ring is 2. The van der Waals surface area contributed by atoms with Gasteiger partial charge in [0.1, 0.15) is 11.5 Å². The van der Waals surface area contributed by atoms with E-state index < -0.39 is 11.6 Å². The number of benzene rings is 3. The summed E-state index contributed by atoms with van der Waals surface area (Å²) in [5, 5.41) is 20.9. The molecule has 6 nitrogen and oxygen atoms in total. The molecule has 3 aromatic carbocycles. The van der Waals surface area contributed by atoms with Gasteiger partial charge in [-0.25, -0.2) is 0 Å². The van der Waals surface area contributed by atoms with E-state index >= 15 is 0 Å². The number of hydrogen-bond donors (Lipinski definition) is 4. The zero-order valence-electron chi connectivity index (χ0n) is 14.4. The highest BCUT2D eigenvalue weighted by Gasteiger charge is 2.38. The summed E-state index contributed by atoms with van der Waals surface area (Å²) in [4.78, 5) is 26.0. The van der Waals surface area contributed by atoms with Crippen LogP contribution < -0.4 is 11.5 Å². The molecule has 4 rings (SSSR count). The number of aromatic hydroxyl groups is 2. The van der Waals surface area contributed by atoms with Gasteiger partial charge in [-0.1, -0.05) is 29.8 Å². The molecular weight excluding hydrogens is 344 g/mol. The summed E-state index contributed by atoms with van der Waals surface area (Å²) in [6.07, 6.45) is 0. The van der Waals surface area contributed by atoms with Gasteiger partial charge in [0, 0.05) is 16.9 Å². The van der Waals surface area contributed by atoms with Gasteiger partial charge < -0.3 is 21.7 Å². The maximum absolute atomic E-state index is 13.1. The summed E-state index contributed by atoms with van der Waals surface area (Å²) >= 11 is 0. The van der Waals surface area contributed by atoms with Gasteiger partial charge in [-0.2, -0.15) is 0 Å². The van der Waals surface area contributed by atoms with Crippen LogP contribution in [-0.2, 0) is 0 Å². The Morgan fingerprint density at radius 2 is 1.33 bits per heavy atom. The first kappa shape index (κ1) is 16.7. The lowest BCUT2D eigenvalue weighted by molar-refractivity contribution is 0.0975.